The molecule has 31 heavy (non-hydrogen) atoms. The van der Waals surface area contributed by atoms with Gasteiger partial charge in [0.05, 0.1) is 23.8 Å². The van der Waals surface area contributed by atoms with Crippen molar-refractivity contribution in [3.63, 3.8) is 0 Å². The van der Waals surface area contributed by atoms with Crippen molar-refractivity contribution in [2.24, 2.45) is 11.0 Å². The number of carbonyl (C=O) groups excluding carboxylic acids is 1. The molecule has 9 heteroatoms. The average molecular weight is 594 g/mol. The third-order valence-corrected chi connectivity index (χ3v) is 6.70. The maximum absolute atomic E-state index is 13.2. The van der Waals surface area contributed by atoms with Gasteiger partial charge in [0.1, 0.15) is 18.8 Å². The van der Waals surface area contributed by atoms with Crippen LogP contribution in [0.15, 0.2) is 47.6 Å². The molecular weight excluding hydrogens is 570 g/mol. The lowest BCUT2D eigenvalue weighted by atomic mass is 9.91. The predicted molar refractivity (Wildman–Crippen MR) is 123 cm³/mol. The van der Waals surface area contributed by atoms with Gasteiger partial charge in [0.25, 0.3) is 0 Å². The van der Waals surface area contributed by atoms with Crippen LogP contribution in [0.3, 0.4) is 0 Å². The fourth-order valence-electron chi connectivity index (χ4n) is 4.29. The predicted octanol–water partition coefficient (Wildman–Crippen LogP) is 2.48. The molecule has 0 spiro atoms. The largest absolute Gasteiger partial charge is 1.00 e. The maximum Gasteiger partial charge on any atom is 0.312 e. The highest BCUT2D eigenvalue weighted by atomic mass is 127. The first-order valence-electron chi connectivity index (χ1n) is 10.0. The summed E-state index contributed by atoms with van der Waals surface area (Å²) in [6.45, 7) is 3.88. The number of quaternary nitrogens is 1. The Hall–Kier alpha value is -1.06. The van der Waals surface area contributed by atoms with Gasteiger partial charge in [-0.25, -0.2) is 4.59 Å². The van der Waals surface area contributed by atoms with Crippen molar-refractivity contribution in [3.05, 3.63) is 63.1 Å². The van der Waals surface area contributed by atoms with Gasteiger partial charge in [0.2, 0.25) is 0 Å². The number of anilines is 1. The van der Waals surface area contributed by atoms with Crippen molar-refractivity contribution in [3.8, 4) is 0 Å². The third-order valence-electron chi connectivity index (χ3n) is 5.91. The summed E-state index contributed by atoms with van der Waals surface area (Å²) in [6.07, 6.45) is 2.22. The van der Waals surface area contributed by atoms with E-state index in [9.17, 15) is 4.79 Å². The first-order valence-corrected chi connectivity index (χ1v) is 11.2. The zero-order valence-corrected chi connectivity index (χ0v) is 21.7. The molecule has 2 aliphatic rings. The van der Waals surface area contributed by atoms with E-state index >= 15 is 0 Å². The summed E-state index contributed by atoms with van der Waals surface area (Å²) in [5.74, 6) is -0.287. The van der Waals surface area contributed by atoms with Gasteiger partial charge in [0.15, 0.2) is 0 Å². The number of hydrogen-bond acceptors (Lipinski definition) is 3. The van der Waals surface area contributed by atoms with E-state index in [0.717, 1.165) is 31.5 Å². The summed E-state index contributed by atoms with van der Waals surface area (Å²) in [6, 6.07) is 12.7. The summed E-state index contributed by atoms with van der Waals surface area (Å²) >= 11 is 18.7. The minimum atomic E-state index is -0.189. The Kier molecular flexibility index (Phi) is 7.79. The van der Waals surface area contributed by atoms with E-state index in [1.165, 1.54) is 0 Å². The van der Waals surface area contributed by atoms with Crippen LogP contribution >= 0.6 is 34.8 Å². The Bertz CT molecular complexity index is 993. The standard InChI is InChI=1S/C22H23Cl3N4O.HI/c1-14-20(22(30)27-29(2)11-3-4-12-29)26-28(19-10-9-17(24)13-18(19)25)21(14)15-5-7-16(23)8-6-15;/h5-10,13-14,21H,3-4,11-12H2,1-2H3;1H/t14-,21-;/m1./s1. The molecule has 1 saturated heterocycles. The van der Waals surface area contributed by atoms with E-state index in [2.05, 4.69) is 12.5 Å². The SMILES string of the molecule is C[C@@H]1C(C(=O)N[N+]2(C)CCCC2)=NN(c2ccc(Cl)cc2Cl)[C@H]1c1ccc(Cl)cc1.[I-]. The van der Waals surface area contributed by atoms with Crippen LogP contribution in [-0.4, -0.2) is 36.3 Å². The molecule has 5 nitrogen and oxygen atoms in total. The Balaban J connectivity index is 0.00000272. The Morgan fingerprint density at radius 1 is 1.06 bits per heavy atom. The zero-order chi connectivity index (χ0) is 21.5. The number of nitrogens with zero attached hydrogens (tertiary/aromatic N) is 3. The van der Waals surface area contributed by atoms with E-state index in [1.54, 1.807) is 12.1 Å². The van der Waals surface area contributed by atoms with Crippen LogP contribution in [0.4, 0.5) is 5.69 Å². The Morgan fingerprint density at radius 2 is 1.68 bits per heavy atom. The van der Waals surface area contributed by atoms with Gasteiger partial charge in [-0.1, -0.05) is 53.9 Å². The highest BCUT2D eigenvalue weighted by Gasteiger charge is 2.42. The molecule has 0 aliphatic carbocycles. The molecule has 0 bridgehead atoms. The first kappa shape index (κ1) is 24.6. The van der Waals surface area contributed by atoms with Crippen LogP contribution in [0.2, 0.25) is 15.1 Å². The second-order valence-corrected chi connectivity index (χ2v) is 9.48. The quantitative estimate of drug-likeness (QED) is 0.438. The van der Waals surface area contributed by atoms with E-state index in [0.29, 0.717) is 31.1 Å². The topological polar surface area (TPSA) is 44.7 Å². The lowest BCUT2D eigenvalue weighted by Crippen LogP contribution is -3.00. The van der Waals surface area contributed by atoms with Gasteiger partial charge in [-0.2, -0.15) is 10.5 Å². The highest BCUT2D eigenvalue weighted by Crippen LogP contribution is 2.42. The summed E-state index contributed by atoms with van der Waals surface area (Å²) in [4.78, 5) is 13.2. The Labute approximate surface area is 214 Å². The molecule has 0 radical (unpaired) electrons. The summed E-state index contributed by atoms with van der Waals surface area (Å²) in [7, 11) is 2.05. The molecular formula is C22H24Cl3IN4O. The fourth-order valence-corrected chi connectivity index (χ4v) is 4.91. The van der Waals surface area contributed by atoms with Gasteiger partial charge in [-0.15, -0.1) is 0 Å². The van der Waals surface area contributed by atoms with Crippen LogP contribution < -0.4 is 34.4 Å². The molecule has 2 aliphatic heterocycles. The fraction of sp³-hybridized carbons (Fsp3) is 0.364. The number of rotatable bonds is 4. The monoisotopic (exact) mass is 592 g/mol. The van der Waals surface area contributed by atoms with Gasteiger partial charge >= 0.3 is 5.91 Å². The Morgan fingerprint density at radius 3 is 2.29 bits per heavy atom. The van der Waals surface area contributed by atoms with Crippen molar-refractivity contribution < 1.29 is 33.4 Å². The molecule has 2 aromatic carbocycles. The number of hydrazone groups is 1. The number of carbonyl (C=O) groups is 1. The maximum atomic E-state index is 13.2. The molecule has 1 amide bonds. The minimum Gasteiger partial charge on any atom is -1.00 e. The molecule has 0 aromatic heterocycles. The van der Waals surface area contributed by atoms with E-state index in [1.807, 2.05) is 42.3 Å². The number of amides is 1. The second-order valence-electron chi connectivity index (χ2n) is 8.20. The molecule has 2 aromatic rings. The number of hydrogen-bond donors (Lipinski definition) is 1. The van der Waals surface area contributed by atoms with Crippen molar-refractivity contribution in [1.29, 1.82) is 0 Å². The second kappa shape index (κ2) is 9.83. The number of nitrogens with one attached hydrogen (secondary N) is 1. The zero-order valence-electron chi connectivity index (χ0n) is 17.3. The van der Waals surface area contributed by atoms with Gasteiger partial charge in [0, 0.05) is 28.8 Å². The van der Waals surface area contributed by atoms with Crippen molar-refractivity contribution in [2.75, 3.05) is 25.1 Å². The van der Waals surface area contributed by atoms with Crippen molar-refractivity contribution in [1.82, 2.24) is 5.43 Å². The molecule has 1 fully saturated rings. The van der Waals surface area contributed by atoms with Crippen LogP contribution in [0.25, 0.3) is 0 Å². The van der Waals surface area contributed by atoms with Gasteiger partial charge in [-0.3, -0.25) is 9.80 Å². The van der Waals surface area contributed by atoms with Gasteiger partial charge < -0.3 is 24.0 Å². The lowest BCUT2D eigenvalue weighted by Gasteiger charge is -2.29. The summed E-state index contributed by atoms with van der Waals surface area (Å²) in [5, 5.41) is 8.27. The number of halogens is 4. The van der Waals surface area contributed by atoms with Gasteiger partial charge in [-0.05, 0) is 35.9 Å². The normalized spacial score (nSPS) is 22.1. The molecule has 2 heterocycles. The van der Waals surface area contributed by atoms with Crippen LogP contribution in [0, 0.1) is 5.92 Å². The molecule has 0 saturated carbocycles. The summed E-state index contributed by atoms with van der Waals surface area (Å²) < 4.78 is 0.540. The van der Waals surface area contributed by atoms with Crippen LogP contribution in [-0.2, 0) is 4.79 Å². The third kappa shape index (κ3) is 5.14. The van der Waals surface area contributed by atoms with E-state index in [-0.39, 0.29) is 41.8 Å². The molecule has 4 rings (SSSR count). The lowest BCUT2D eigenvalue weighted by molar-refractivity contribution is -0.931. The summed E-state index contributed by atoms with van der Waals surface area (Å²) in [5.41, 5.74) is 5.37. The first-order chi connectivity index (χ1) is 14.3. The molecule has 1 N–H and O–H groups in total. The van der Waals surface area contributed by atoms with E-state index in [4.69, 9.17) is 39.9 Å². The average Bonchev–Trinajstić information content (AvgIpc) is 3.26. The highest BCUT2D eigenvalue weighted by molar-refractivity contribution is 6.40. The smallest absolute Gasteiger partial charge is 0.312 e. The van der Waals surface area contributed by atoms with E-state index < -0.39 is 0 Å². The van der Waals surface area contributed by atoms with Crippen molar-refractivity contribution in [2.45, 2.75) is 25.8 Å². The minimum absolute atomic E-state index is 0. The van der Waals surface area contributed by atoms with Crippen LogP contribution in [0.5, 0.6) is 0 Å². The number of benzene rings is 2. The number of likely N-dealkylation sites (tertiary alicyclic amines) is 1. The van der Waals surface area contributed by atoms with Crippen LogP contribution in [0.1, 0.15) is 31.4 Å². The molecule has 2 atom stereocenters. The molecule has 0 unspecified atom stereocenters. The molecule has 166 valence electrons. The van der Waals surface area contributed by atoms with Crippen molar-refractivity contribution >= 4 is 52.1 Å².